The zero-order valence-electron chi connectivity index (χ0n) is 47.4. The molecule has 6 atom stereocenters. The molecule has 0 bridgehead atoms. The Bertz CT molecular complexity index is 3400. The molecular formula is C60H58F12N8O8. The quantitative estimate of drug-likeness (QED) is 0.0550. The maximum absolute atomic E-state index is 14.2. The summed E-state index contributed by atoms with van der Waals surface area (Å²) >= 11 is 0. The monoisotopic (exact) mass is 1250 g/mol. The van der Waals surface area contributed by atoms with Crippen LogP contribution in [0.25, 0.3) is 0 Å². The number of halogens is 12. The van der Waals surface area contributed by atoms with Gasteiger partial charge in [-0.3, -0.25) is 4.90 Å². The number of carbonyl (C=O) groups excluding carboxylic acids is 3. The van der Waals surface area contributed by atoms with Crippen molar-refractivity contribution in [1.29, 1.82) is 0 Å². The van der Waals surface area contributed by atoms with Crippen molar-refractivity contribution in [2.24, 2.45) is 0 Å². The zero-order valence-corrected chi connectivity index (χ0v) is 47.4. The number of hydrogen-bond acceptors (Lipinski definition) is 13. The second kappa shape index (κ2) is 26.1. The second-order valence-electron chi connectivity index (χ2n) is 21.2. The average Bonchev–Trinajstić information content (AvgIpc) is 1.00. The molecule has 0 saturated carbocycles. The summed E-state index contributed by atoms with van der Waals surface area (Å²) < 4.78 is 193. The van der Waals surface area contributed by atoms with Gasteiger partial charge in [0.25, 0.3) is 0 Å². The number of ether oxygens (including phenoxy) is 5. The van der Waals surface area contributed by atoms with E-state index in [0.29, 0.717) is 41.8 Å². The molecule has 16 nitrogen and oxygen atoms in total. The number of nitrogens with zero attached hydrogens (tertiary/aromatic N) is 7. The molecule has 9 rings (SSSR count). The van der Waals surface area contributed by atoms with Gasteiger partial charge in [-0.05, 0) is 104 Å². The van der Waals surface area contributed by atoms with Crippen molar-refractivity contribution in [1.82, 2.24) is 39.7 Å². The highest BCUT2D eigenvalue weighted by Crippen LogP contribution is 2.47. The molecule has 0 radical (unpaired) electrons. The van der Waals surface area contributed by atoms with Crippen LogP contribution in [0.2, 0.25) is 0 Å². The summed E-state index contributed by atoms with van der Waals surface area (Å²) in [7, 11) is 2.46. The van der Waals surface area contributed by atoms with Crippen LogP contribution in [0.15, 0.2) is 153 Å². The number of carbonyl (C=O) groups is 3. The molecule has 28 heteroatoms. The van der Waals surface area contributed by atoms with Crippen molar-refractivity contribution >= 4 is 18.0 Å². The molecule has 88 heavy (non-hydrogen) atoms. The van der Waals surface area contributed by atoms with Gasteiger partial charge in [-0.25, -0.2) is 14.4 Å². The van der Waals surface area contributed by atoms with Crippen molar-refractivity contribution < 1.29 is 90.8 Å². The second-order valence-corrected chi connectivity index (χ2v) is 21.2. The third kappa shape index (κ3) is 14.3. The van der Waals surface area contributed by atoms with Gasteiger partial charge in [0, 0.05) is 6.54 Å². The molecule has 2 aliphatic rings. The van der Waals surface area contributed by atoms with Crippen LogP contribution in [0.3, 0.4) is 0 Å². The van der Waals surface area contributed by atoms with Crippen LogP contribution >= 0.6 is 0 Å². The third-order valence-electron chi connectivity index (χ3n) is 15.9. The molecule has 0 aliphatic carbocycles. The van der Waals surface area contributed by atoms with E-state index in [1.807, 2.05) is 12.1 Å². The summed E-state index contributed by atoms with van der Waals surface area (Å²) in [6.07, 6.45) is -17.2. The van der Waals surface area contributed by atoms with E-state index < -0.39 is 106 Å². The molecule has 2 aliphatic heterocycles. The molecule has 1 N–H and O–H groups in total. The summed E-state index contributed by atoms with van der Waals surface area (Å²) in [5, 5.41) is 18.6. The summed E-state index contributed by atoms with van der Waals surface area (Å²) in [5.74, 6) is -1.22. The van der Waals surface area contributed by atoms with E-state index in [2.05, 4.69) is 25.7 Å². The minimum atomic E-state index is -5.05. The van der Waals surface area contributed by atoms with E-state index in [1.165, 1.54) is 62.8 Å². The number of likely N-dealkylation sites (tertiary alicyclic amines) is 1. The number of rotatable bonds is 16. The Labute approximate surface area is 495 Å². The summed E-state index contributed by atoms with van der Waals surface area (Å²) in [6, 6.07) is 29.1. The fraction of sp³-hybridized carbons (Fsp3) is 0.383. The van der Waals surface area contributed by atoms with E-state index in [4.69, 9.17) is 23.7 Å². The summed E-state index contributed by atoms with van der Waals surface area (Å²) in [5.41, 5.74) is -9.43. The number of piperidine rings is 2. The lowest BCUT2D eigenvalue weighted by atomic mass is 9.74. The highest BCUT2D eigenvalue weighted by Gasteiger charge is 2.57. The number of benzene rings is 5. The number of esters is 2. The lowest BCUT2D eigenvalue weighted by Gasteiger charge is -2.52. The van der Waals surface area contributed by atoms with Crippen molar-refractivity contribution in [2.75, 3.05) is 40.5 Å². The Morgan fingerprint density at radius 3 is 1.34 bits per heavy atom. The zero-order chi connectivity index (χ0) is 63.9. The van der Waals surface area contributed by atoms with Crippen LogP contribution in [-0.2, 0) is 86.7 Å². The van der Waals surface area contributed by atoms with Gasteiger partial charge in [-0.15, -0.1) is 20.4 Å². The highest BCUT2D eigenvalue weighted by atomic mass is 19.4. The van der Waals surface area contributed by atoms with E-state index in [0.717, 1.165) is 5.56 Å². The van der Waals surface area contributed by atoms with Gasteiger partial charge in [-0.1, -0.05) is 91.0 Å². The first-order valence-electron chi connectivity index (χ1n) is 27.0. The van der Waals surface area contributed by atoms with Crippen molar-refractivity contribution in [2.45, 2.75) is 105 Å². The van der Waals surface area contributed by atoms with Gasteiger partial charge in [0.05, 0.1) is 79.5 Å². The summed E-state index contributed by atoms with van der Waals surface area (Å²) in [4.78, 5) is 41.8. The van der Waals surface area contributed by atoms with Gasteiger partial charge in [0.1, 0.15) is 31.9 Å². The van der Waals surface area contributed by atoms with Crippen LogP contribution in [0.1, 0.15) is 102 Å². The molecular weight excluding hydrogens is 1190 g/mol. The van der Waals surface area contributed by atoms with Crippen molar-refractivity contribution in [3.8, 4) is 0 Å². The normalized spacial score (nSPS) is 21.5. The Morgan fingerprint density at radius 1 is 0.523 bits per heavy atom. The maximum Gasteiger partial charge on any atom is 0.416 e. The van der Waals surface area contributed by atoms with E-state index in [-0.39, 0.29) is 68.8 Å². The lowest BCUT2D eigenvalue weighted by molar-refractivity contribution is -0.160. The lowest BCUT2D eigenvalue weighted by Crippen LogP contribution is -2.64. The SMILES string of the molecule is COC(=O)[C@@]1(n2cnnc2)CC[C@@](CO[C@H](C)c2cc(C(F)(F)F)cc(C(F)(F)F)c2)(c2ccccc2)N(C(=O)OCc2ccccc2)C1.COC(=O)[C@@]1(n2cnnc2)CC[C@@](CO[C@H](C)c2cc(C(F)(F)F)cc(C(F)(F)F)c2)(c2ccccc2)NC1. The Kier molecular flexibility index (Phi) is 19.5. The molecule has 1 amide bonds. The van der Waals surface area contributed by atoms with Crippen molar-refractivity contribution in [3.63, 3.8) is 0 Å². The fourth-order valence-electron chi connectivity index (χ4n) is 10.8. The van der Waals surface area contributed by atoms with Gasteiger partial charge in [-0.2, -0.15) is 52.7 Å². The maximum atomic E-state index is 14.2. The van der Waals surface area contributed by atoms with Crippen LogP contribution in [0.5, 0.6) is 0 Å². The number of methoxy groups -OCH3 is 2. The Morgan fingerprint density at radius 2 is 0.920 bits per heavy atom. The van der Waals surface area contributed by atoms with Gasteiger partial charge in [0.2, 0.25) is 0 Å². The van der Waals surface area contributed by atoms with Crippen molar-refractivity contribution in [3.05, 3.63) is 203 Å². The molecule has 2 aromatic heterocycles. The van der Waals surface area contributed by atoms with Crippen LogP contribution in [-0.4, -0.2) is 93.0 Å². The first-order chi connectivity index (χ1) is 41.5. The molecule has 7 aromatic rings. The standard InChI is InChI=1S/C34H32F6N4O5.C26H26F6N4O3/c1-23(25-15-27(33(35,36)37)17-28(16-25)34(38,39)40)49-20-32(26-11-7-4-8-12-26)14-13-31(29(45)47-2,43-21-41-42-22-43)19-44(32)30(46)48-18-24-9-5-3-6-10-24;1-17(18-10-20(25(27,28)29)12-21(11-18)26(30,31)32)39-14-23(19-6-4-3-5-7-19)8-9-24(13-33-23,22(37)38-2)36-15-34-35-16-36/h3-12,15-17,21-23H,13-14,18-20H2,1-2H3;3-7,10-12,15-17,33H,8-9,13-14H2,1-2H3/t23-,31-,32-;17-,23-,24-/m11/s1. The molecule has 0 unspecified atom stereocenters. The molecule has 0 spiro atoms. The van der Waals surface area contributed by atoms with Gasteiger partial charge < -0.3 is 38.1 Å². The first-order valence-corrected chi connectivity index (χ1v) is 27.0. The van der Waals surface area contributed by atoms with Gasteiger partial charge in [0.15, 0.2) is 11.1 Å². The van der Waals surface area contributed by atoms with E-state index in [9.17, 15) is 67.1 Å². The predicted molar refractivity (Wildman–Crippen MR) is 288 cm³/mol. The number of amides is 1. The Hall–Kier alpha value is -8.37. The highest BCUT2D eigenvalue weighted by molar-refractivity contribution is 5.81. The fourth-order valence-corrected chi connectivity index (χ4v) is 10.8. The molecule has 470 valence electrons. The third-order valence-corrected chi connectivity index (χ3v) is 15.9. The first kappa shape index (κ1) is 65.6. The molecule has 4 heterocycles. The Balaban J connectivity index is 0.000000234. The minimum Gasteiger partial charge on any atom is -0.467 e. The number of hydrogen-bond donors (Lipinski definition) is 1. The topological polar surface area (TPSA) is 174 Å². The molecule has 2 saturated heterocycles. The van der Waals surface area contributed by atoms with Crippen LogP contribution in [0.4, 0.5) is 57.5 Å². The average molecular weight is 1250 g/mol. The predicted octanol–water partition coefficient (Wildman–Crippen LogP) is 12.5. The largest absolute Gasteiger partial charge is 0.467 e. The number of aromatic nitrogens is 6. The minimum absolute atomic E-state index is 0.0217. The van der Waals surface area contributed by atoms with E-state index >= 15 is 0 Å². The number of nitrogens with one attached hydrogen (secondary N) is 1. The van der Waals surface area contributed by atoms with Crippen LogP contribution < -0.4 is 5.32 Å². The smallest absolute Gasteiger partial charge is 0.416 e. The molecule has 2 fully saturated rings. The summed E-state index contributed by atoms with van der Waals surface area (Å²) in [6.45, 7) is 1.83. The van der Waals surface area contributed by atoms with E-state index in [1.54, 1.807) is 83.4 Å². The van der Waals surface area contributed by atoms with Gasteiger partial charge >= 0.3 is 42.7 Å². The molecule has 5 aromatic carbocycles. The van der Waals surface area contributed by atoms with Crippen LogP contribution in [0, 0.1) is 0 Å². The number of alkyl halides is 12.